The lowest BCUT2D eigenvalue weighted by molar-refractivity contribution is -0.149. The van der Waals surface area contributed by atoms with Crippen LogP contribution in [0.4, 0.5) is 5.69 Å². The summed E-state index contributed by atoms with van der Waals surface area (Å²) in [7, 11) is 2.90. The van der Waals surface area contributed by atoms with Gasteiger partial charge in [-0.3, -0.25) is 9.59 Å². The summed E-state index contributed by atoms with van der Waals surface area (Å²) in [6, 6.07) is 7.34. The predicted octanol–water partition coefficient (Wildman–Crippen LogP) is 1.15. The summed E-state index contributed by atoms with van der Waals surface area (Å²) in [5, 5.41) is 0. The number of benzene rings is 1. The molecule has 0 saturated carbocycles. The predicted molar refractivity (Wildman–Crippen MR) is 81.1 cm³/mol. The number of methoxy groups -OCH3 is 2. The first-order valence-corrected chi connectivity index (χ1v) is 7.51. The molecule has 2 fully saturated rings. The minimum absolute atomic E-state index is 0.128. The van der Waals surface area contributed by atoms with Gasteiger partial charge in [0.2, 0.25) is 5.91 Å². The molecule has 0 N–H and O–H groups in total. The second-order valence-electron chi connectivity index (χ2n) is 6.02. The van der Waals surface area contributed by atoms with Gasteiger partial charge in [0, 0.05) is 0 Å². The minimum Gasteiger partial charge on any atom is -0.495 e. The summed E-state index contributed by atoms with van der Waals surface area (Å²) < 4.78 is 16.2. The van der Waals surface area contributed by atoms with Gasteiger partial charge in [-0.1, -0.05) is 24.3 Å². The van der Waals surface area contributed by atoms with E-state index in [1.807, 2.05) is 30.4 Å². The zero-order valence-electron chi connectivity index (χ0n) is 12.9. The molecule has 1 aromatic rings. The van der Waals surface area contributed by atoms with Gasteiger partial charge in [-0.25, -0.2) is 0 Å². The lowest BCUT2D eigenvalue weighted by Gasteiger charge is -2.22. The average molecular weight is 315 g/mol. The van der Waals surface area contributed by atoms with Crippen LogP contribution in [0.3, 0.4) is 0 Å². The summed E-state index contributed by atoms with van der Waals surface area (Å²) in [5.41, 5.74) is -0.0607. The molecule has 3 aliphatic rings. The lowest BCUT2D eigenvalue weighted by Crippen LogP contribution is -2.39. The molecule has 0 aromatic heterocycles. The van der Waals surface area contributed by atoms with E-state index in [1.165, 1.54) is 7.11 Å². The van der Waals surface area contributed by atoms with E-state index in [0.717, 1.165) is 0 Å². The van der Waals surface area contributed by atoms with E-state index >= 15 is 0 Å². The van der Waals surface area contributed by atoms with Crippen LogP contribution in [0.15, 0.2) is 36.4 Å². The van der Waals surface area contributed by atoms with Crippen molar-refractivity contribution in [3.8, 4) is 5.75 Å². The molecular formula is C17H17NO5. The fourth-order valence-corrected chi connectivity index (χ4v) is 3.96. The van der Waals surface area contributed by atoms with Crippen molar-refractivity contribution in [1.29, 1.82) is 0 Å². The van der Waals surface area contributed by atoms with Crippen LogP contribution >= 0.6 is 0 Å². The molecule has 1 spiro atoms. The first-order chi connectivity index (χ1) is 11.1. The van der Waals surface area contributed by atoms with Gasteiger partial charge in [0.1, 0.15) is 17.3 Å². The number of ether oxygens (including phenoxy) is 3. The standard InChI is InChI=1S/C17H17NO5/c1-21-11-6-4-3-5-10(11)18-9-17-8-7-12(23-17)13(16(20)22-2)14(17)15(18)19/h3-8,12-14H,9H2,1-2H3/t12-,13+,14+,17-/m1/s1. The number of para-hydroxylation sites is 2. The van der Waals surface area contributed by atoms with Crippen LogP contribution in [0, 0.1) is 11.8 Å². The van der Waals surface area contributed by atoms with Gasteiger partial charge >= 0.3 is 5.97 Å². The SMILES string of the molecule is COC(=O)[C@@H]1[C@H]2C(=O)N(c3ccccc3OC)C[C@]23C=C[C@H]1O3. The Bertz CT molecular complexity index is 715. The second-order valence-corrected chi connectivity index (χ2v) is 6.02. The van der Waals surface area contributed by atoms with Crippen LogP contribution < -0.4 is 9.64 Å². The number of esters is 1. The molecule has 0 radical (unpaired) electrons. The van der Waals surface area contributed by atoms with Crippen molar-refractivity contribution in [1.82, 2.24) is 0 Å². The molecule has 0 aliphatic carbocycles. The van der Waals surface area contributed by atoms with Gasteiger partial charge in [0.15, 0.2) is 0 Å². The van der Waals surface area contributed by atoms with Gasteiger partial charge in [-0.05, 0) is 12.1 Å². The molecular weight excluding hydrogens is 298 g/mol. The smallest absolute Gasteiger partial charge is 0.312 e. The van der Waals surface area contributed by atoms with Crippen molar-refractivity contribution < 1.29 is 23.8 Å². The highest BCUT2D eigenvalue weighted by Crippen LogP contribution is 2.53. The number of fused-ring (bicyclic) bond motifs is 1. The Kier molecular flexibility index (Phi) is 2.99. The van der Waals surface area contributed by atoms with Crippen LogP contribution in [0.25, 0.3) is 0 Å². The third-order valence-corrected chi connectivity index (χ3v) is 4.95. The molecule has 120 valence electrons. The van der Waals surface area contributed by atoms with E-state index < -0.39 is 23.4 Å². The Labute approximate surface area is 133 Å². The molecule has 2 saturated heterocycles. The molecule has 2 bridgehead atoms. The average Bonchev–Trinajstić information content (AvgIpc) is 3.22. The quantitative estimate of drug-likeness (QED) is 0.618. The topological polar surface area (TPSA) is 65.1 Å². The van der Waals surface area contributed by atoms with Crippen LogP contribution in [-0.2, 0) is 19.1 Å². The molecule has 1 aromatic carbocycles. The van der Waals surface area contributed by atoms with E-state index in [0.29, 0.717) is 18.0 Å². The number of carbonyl (C=O) groups is 2. The van der Waals surface area contributed by atoms with Crippen LogP contribution in [0.1, 0.15) is 0 Å². The highest BCUT2D eigenvalue weighted by atomic mass is 16.5. The van der Waals surface area contributed by atoms with Crippen molar-refractivity contribution in [2.75, 3.05) is 25.7 Å². The Morgan fingerprint density at radius 1 is 1.35 bits per heavy atom. The van der Waals surface area contributed by atoms with Crippen LogP contribution in [0.2, 0.25) is 0 Å². The Morgan fingerprint density at radius 3 is 2.87 bits per heavy atom. The highest BCUT2D eigenvalue weighted by Gasteiger charge is 2.67. The number of nitrogens with zero attached hydrogens (tertiary/aromatic N) is 1. The van der Waals surface area contributed by atoms with Crippen molar-refractivity contribution >= 4 is 17.6 Å². The largest absolute Gasteiger partial charge is 0.495 e. The number of rotatable bonds is 3. The van der Waals surface area contributed by atoms with Crippen molar-refractivity contribution in [3.63, 3.8) is 0 Å². The number of anilines is 1. The van der Waals surface area contributed by atoms with Gasteiger partial charge in [-0.15, -0.1) is 0 Å². The Morgan fingerprint density at radius 2 is 2.13 bits per heavy atom. The van der Waals surface area contributed by atoms with E-state index in [4.69, 9.17) is 14.2 Å². The first-order valence-electron chi connectivity index (χ1n) is 7.51. The fourth-order valence-electron chi connectivity index (χ4n) is 3.96. The second kappa shape index (κ2) is 4.83. The van der Waals surface area contributed by atoms with Gasteiger partial charge in [0.05, 0.1) is 38.5 Å². The molecule has 1 amide bonds. The molecule has 0 unspecified atom stereocenters. The van der Waals surface area contributed by atoms with Gasteiger partial charge in [0.25, 0.3) is 0 Å². The number of amides is 1. The van der Waals surface area contributed by atoms with E-state index in [2.05, 4.69) is 0 Å². The molecule has 6 nitrogen and oxygen atoms in total. The lowest BCUT2D eigenvalue weighted by atomic mass is 9.77. The Balaban J connectivity index is 1.75. The minimum atomic E-state index is -0.749. The maximum Gasteiger partial charge on any atom is 0.312 e. The summed E-state index contributed by atoms with van der Waals surface area (Å²) in [5.74, 6) is -1.05. The van der Waals surface area contributed by atoms with Crippen LogP contribution in [-0.4, -0.2) is 44.3 Å². The molecule has 23 heavy (non-hydrogen) atoms. The summed E-state index contributed by atoms with van der Waals surface area (Å²) >= 11 is 0. The molecule has 3 aliphatic heterocycles. The molecule has 6 heteroatoms. The third kappa shape index (κ3) is 1.78. The summed E-state index contributed by atoms with van der Waals surface area (Å²) in [6.45, 7) is 0.372. The van der Waals surface area contributed by atoms with E-state index in [-0.39, 0.29) is 12.0 Å². The van der Waals surface area contributed by atoms with Crippen molar-refractivity contribution in [2.24, 2.45) is 11.8 Å². The van der Waals surface area contributed by atoms with E-state index in [1.54, 1.807) is 18.1 Å². The van der Waals surface area contributed by atoms with Gasteiger partial charge in [-0.2, -0.15) is 0 Å². The fraction of sp³-hybridized carbons (Fsp3) is 0.412. The van der Waals surface area contributed by atoms with Crippen LogP contribution in [0.5, 0.6) is 5.75 Å². The number of hydrogen-bond acceptors (Lipinski definition) is 5. The molecule has 4 rings (SSSR count). The monoisotopic (exact) mass is 315 g/mol. The molecule has 3 heterocycles. The number of carbonyl (C=O) groups excluding carboxylic acids is 2. The highest BCUT2D eigenvalue weighted by molar-refractivity contribution is 6.03. The maximum atomic E-state index is 13.0. The summed E-state index contributed by atoms with van der Waals surface area (Å²) in [4.78, 5) is 26.8. The summed E-state index contributed by atoms with van der Waals surface area (Å²) in [6.07, 6.45) is 3.39. The maximum absolute atomic E-state index is 13.0. The first kappa shape index (κ1) is 14.3. The van der Waals surface area contributed by atoms with Crippen molar-refractivity contribution in [2.45, 2.75) is 11.7 Å². The number of hydrogen-bond donors (Lipinski definition) is 0. The van der Waals surface area contributed by atoms with E-state index in [9.17, 15) is 9.59 Å². The normalized spacial score (nSPS) is 33.9. The molecule has 4 atom stereocenters. The Hall–Kier alpha value is -2.34. The van der Waals surface area contributed by atoms with Crippen molar-refractivity contribution in [3.05, 3.63) is 36.4 Å². The zero-order valence-corrected chi connectivity index (χ0v) is 12.9. The zero-order chi connectivity index (χ0) is 16.2. The van der Waals surface area contributed by atoms with Gasteiger partial charge < -0.3 is 19.1 Å². The third-order valence-electron chi connectivity index (χ3n) is 4.95.